The topological polar surface area (TPSA) is 122 Å². The first kappa shape index (κ1) is 20.0. The van der Waals surface area contributed by atoms with E-state index in [1.165, 1.54) is 61.0 Å². The minimum atomic E-state index is -1.67. The molecule has 9 heteroatoms. The van der Waals surface area contributed by atoms with Gasteiger partial charge in [0.25, 0.3) is 11.5 Å². The number of nitrogens with zero attached hydrogens (tertiary/aromatic N) is 2. The minimum absolute atomic E-state index is 0.0322. The van der Waals surface area contributed by atoms with Crippen molar-refractivity contribution in [3.63, 3.8) is 0 Å². The number of halogens is 1. The van der Waals surface area contributed by atoms with Gasteiger partial charge in [-0.25, -0.2) is 14.2 Å². The van der Waals surface area contributed by atoms with Gasteiger partial charge in [0.15, 0.2) is 0 Å². The van der Waals surface area contributed by atoms with E-state index in [2.05, 4.69) is 10.3 Å². The average Bonchev–Trinajstić information content (AvgIpc) is 2.66. The Hall–Kier alpha value is -3.75. The van der Waals surface area contributed by atoms with Crippen molar-refractivity contribution < 1.29 is 24.2 Å². The van der Waals surface area contributed by atoms with Crippen LogP contribution in [0.3, 0.4) is 0 Å². The Kier molecular flexibility index (Phi) is 5.06. The second kappa shape index (κ2) is 7.34. The number of amides is 1. The van der Waals surface area contributed by atoms with Crippen molar-refractivity contribution in [2.75, 3.05) is 0 Å². The highest BCUT2D eigenvalue weighted by molar-refractivity contribution is 6.03. The number of aliphatic carboxylic acids is 1. The number of carbonyl (C=O) groups is 2. The Morgan fingerprint density at radius 2 is 1.86 bits per heavy atom. The van der Waals surface area contributed by atoms with Crippen LogP contribution < -0.4 is 10.9 Å². The van der Waals surface area contributed by atoms with Gasteiger partial charge in [-0.2, -0.15) is 0 Å². The van der Waals surface area contributed by atoms with Gasteiger partial charge < -0.3 is 15.5 Å². The third-order valence-electron chi connectivity index (χ3n) is 4.43. The number of fused-ring (bicyclic) bond motifs is 1. The molecule has 1 aromatic carbocycles. The molecule has 150 valence electrons. The summed E-state index contributed by atoms with van der Waals surface area (Å²) in [6.07, 6.45) is 1.43. The van der Waals surface area contributed by atoms with Crippen molar-refractivity contribution in [2.24, 2.45) is 0 Å². The summed E-state index contributed by atoms with van der Waals surface area (Å²) in [6.45, 7) is 2.48. The van der Waals surface area contributed by atoms with Crippen molar-refractivity contribution in [1.29, 1.82) is 0 Å². The van der Waals surface area contributed by atoms with Gasteiger partial charge in [0.1, 0.15) is 28.3 Å². The number of benzene rings is 1. The van der Waals surface area contributed by atoms with Gasteiger partial charge in [-0.05, 0) is 43.7 Å². The van der Waals surface area contributed by atoms with Gasteiger partial charge >= 0.3 is 5.97 Å². The van der Waals surface area contributed by atoms with Gasteiger partial charge in [0, 0.05) is 6.20 Å². The lowest BCUT2D eigenvalue weighted by molar-refractivity contribution is -0.143. The number of carboxylic acid groups (broad SMARTS) is 1. The molecule has 29 heavy (non-hydrogen) atoms. The zero-order valence-electron chi connectivity index (χ0n) is 15.6. The predicted octanol–water partition coefficient (Wildman–Crippen LogP) is 1.88. The molecule has 2 aromatic heterocycles. The number of hydrogen-bond acceptors (Lipinski definition) is 5. The zero-order valence-corrected chi connectivity index (χ0v) is 15.6. The summed E-state index contributed by atoms with van der Waals surface area (Å²) in [7, 11) is 0. The van der Waals surface area contributed by atoms with Crippen molar-refractivity contribution >= 4 is 22.9 Å². The number of pyridine rings is 2. The molecule has 3 rings (SSSR count). The smallest absolute Gasteiger partial charge is 0.328 e. The van der Waals surface area contributed by atoms with E-state index >= 15 is 0 Å². The molecule has 1 amide bonds. The molecule has 0 atom stereocenters. The monoisotopic (exact) mass is 399 g/mol. The van der Waals surface area contributed by atoms with Crippen LogP contribution in [0.25, 0.3) is 11.0 Å². The molecule has 0 aliphatic rings. The van der Waals surface area contributed by atoms with Crippen molar-refractivity contribution in [1.82, 2.24) is 14.9 Å². The van der Waals surface area contributed by atoms with Crippen LogP contribution in [0.15, 0.2) is 47.4 Å². The second-order valence-electron chi connectivity index (χ2n) is 7.00. The molecule has 0 spiro atoms. The lowest BCUT2D eigenvalue weighted by Gasteiger charge is -2.21. The number of rotatable bonds is 5. The maximum absolute atomic E-state index is 13.2. The number of nitrogens with one attached hydrogen (secondary N) is 1. The summed E-state index contributed by atoms with van der Waals surface area (Å²) in [5.41, 5.74) is -2.41. The van der Waals surface area contributed by atoms with Gasteiger partial charge in [-0.1, -0.05) is 12.1 Å². The van der Waals surface area contributed by atoms with E-state index in [0.29, 0.717) is 5.56 Å². The summed E-state index contributed by atoms with van der Waals surface area (Å²) >= 11 is 0. The Morgan fingerprint density at radius 3 is 2.48 bits per heavy atom. The molecule has 0 saturated heterocycles. The molecule has 0 aliphatic carbocycles. The van der Waals surface area contributed by atoms with E-state index in [9.17, 15) is 29.0 Å². The van der Waals surface area contributed by atoms with E-state index in [1.54, 1.807) is 0 Å². The summed E-state index contributed by atoms with van der Waals surface area (Å²) in [5.74, 6) is -3.36. The lowest BCUT2D eigenvalue weighted by Crippen LogP contribution is -2.51. The van der Waals surface area contributed by atoms with Crippen LogP contribution in [0, 0.1) is 5.82 Å². The largest absolute Gasteiger partial charge is 0.506 e. The molecule has 0 aliphatic heterocycles. The molecule has 3 N–H and O–H groups in total. The quantitative estimate of drug-likeness (QED) is 0.602. The summed E-state index contributed by atoms with van der Waals surface area (Å²) < 4.78 is 14.4. The number of aromatic nitrogens is 2. The van der Waals surface area contributed by atoms with E-state index in [1.807, 2.05) is 0 Å². The first-order valence-corrected chi connectivity index (χ1v) is 8.62. The minimum Gasteiger partial charge on any atom is -0.506 e. The van der Waals surface area contributed by atoms with Crippen LogP contribution in [0.4, 0.5) is 4.39 Å². The van der Waals surface area contributed by atoms with Crippen molar-refractivity contribution in [3.05, 3.63) is 69.9 Å². The molecule has 8 nitrogen and oxygen atoms in total. The SMILES string of the molecule is CC(C)(NC(=O)c1c(O)c2cccnc2n(Cc2ccc(F)cc2)c1=O)C(=O)O. The Morgan fingerprint density at radius 1 is 1.21 bits per heavy atom. The number of aromatic hydroxyl groups is 1. The van der Waals surface area contributed by atoms with E-state index < -0.39 is 40.1 Å². The summed E-state index contributed by atoms with van der Waals surface area (Å²) in [6, 6.07) is 8.45. The number of hydrogen-bond donors (Lipinski definition) is 3. The van der Waals surface area contributed by atoms with Crippen LogP contribution in [0.1, 0.15) is 29.8 Å². The molecule has 0 radical (unpaired) electrons. The standard InChI is InChI=1S/C20H18FN3O5/c1-20(2,19(28)29)23-17(26)14-15(25)13-4-3-9-22-16(13)24(18(14)27)10-11-5-7-12(21)8-6-11/h3-9,25H,10H2,1-2H3,(H,23,26)(H,28,29). The maximum Gasteiger partial charge on any atom is 0.328 e. The number of carbonyl (C=O) groups excluding carboxylic acids is 1. The predicted molar refractivity (Wildman–Crippen MR) is 102 cm³/mol. The fourth-order valence-electron chi connectivity index (χ4n) is 2.79. The fourth-order valence-corrected chi connectivity index (χ4v) is 2.79. The van der Waals surface area contributed by atoms with Crippen LogP contribution in [0.2, 0.25) is 0 Å². The van der Waals surface area contributed by atoms with Crippen LogP contribution in [0.5, 0.6) is 5.75 Å². The first-order chi connectivity index (χ1) is 13.6. The highest BCUT2D eigenvalue weighted by Gasteiger charge is 2.32. The van der Waals surface area contributed by atoms with Gasteiger partial charge in [0.05, 0.1) is 11.9 Å². The lowest BCUT2D eigenvalue weighted by atomic mass is 10.0. The first-order valence-electron chi connectivity index (χ1n) is 8.62. The molecule has 3 aromatic rings. The third-order valence-corrected chi connectivity index (χ3v) is 4.43. The van der Waals surface area contributed by atoms with E-state index in [0.717, 1.165) is 0 Å². The fraction of sp³-hybridized carbons (Fsp3) is 0.200. The van der Waals surface area contributed by atoms with E-state index in [4.69, 9.17) is 0 Å². The number of carboxylic acids is 1. The molecule has 2 heterocycles. The molecule has 0 unspecified atom stereocenters. The average molecular weight is 399 g/mol. The second-order valence-corrected chi connectivity index (χ2v) is 7.00. The van der Waals surface area contributed by atoms with Crippen molar-refractivity contribution in [3.8, 4) is 5.75 Å². The van der Waals surface area contributed by atoms with Gasteiger partial charge in [-0.15, -0.1) is 0 Å². The Labute approximate surface area is 164 Å². The van der Waals surface area contributed by atoms with E-state index in [-0.39, 0.29) is 17.6 Å². The molecule has 0 fully saturated rings. The van der Waals surface area contributed by atoms with Crippen LogP contribution in [-0.2, 0) is 11.3 Å². The van der Waals surface area contributed by atoms with Gasteiger partial charge in [0.2, 0.25) is 0 Å². The molecular weight excluding hydrogens is 381 g/mol. The Bertz CT molecular complexity index is 1170. The Balaban J connectivity index is 2.18. The van der Waals surface area contributed by atoms with Crippen LogP contribution in [-0.4, -0.2) is 37.2 Å². The molecule has 0 bridgehead atoms. The summed E-state index contributed by atoms with van der Waals surface area (Å²) in [5, 5.41) is 22.2. The maximum atomic E-state index is 13.2. The van der Waals surface area contributed by atoms with Crippen molar-refractivity contribution in [2.45, 2.75) is 25.9 Å². The highest BCUT2D eigenvalue weighted by Crippen LogP contribution is 2.26. The normalized spacial score (nSPS) is 11.4. The molecular formula is C20H18FN3O5. The third kappa shape index (κ3) is 3.79. The highest BCUT2D eigenvalue weighted by atomic mass is 19.1. The van der Waals surface area contributed by atoms with Crippen LogP contribution >= 0.6 is 0 Å². The molecule has 0 saturated carbocycles. The van der Waals surface area contributed by atoms with Gasteiger partial charge in [-0.3, -0.25) is 14.2 Å². The zero-order chi connectivity index (χ0) is 21.3. The summed E-state index contributed by atoms with van der Waals surface area (Å²) in [4.78, 5) is 41.2.